The predicted octanol–water partition coefficient (Wildman–Crippen LogP) is 5.63. The summed E-state index contributed by atoms with van der Waals surface area (Å²) in [5.74, 6) is 1.05. The molecule has 8 heteroatoms. The predicted molar refractivity (Wildman–Crippen MR) is 128 cm³/mol. The van der Waals surface area contributed by atoms with Crippen molar-refractivity contribution in [1.29, 1.82) is 0 Å². The van der Waals surface area contributed by atoms with Crippen LogP contribution in [0.5, 0.6) is 11.5 Å². The zero-order chi connectivity index (χ0) is 23.4. The normalized spacial score (nSPS) is 12.7. The molecule has 1 heterocycles. The van der Waals surface area contributed by atoms with Gasteiger partial charge in [-0.1, -0.05) is 44.5 Å². The molecule has 0 amide bonds. The van der Waals surface area contributed by atoms with E-state index in [-0.39, 0.29) is 28.0 Å². The molecule has 0 N–H and O–H groups in total. The summed E-state index contributed by atoms with van der Waals surface area (Å²) in [6.45, 7) is 18.2. The van der Waals surface area contributed by atoms with Crippen molar-refractivity contribution in [1.82, 2.24) is 9.78 Å². The van der Waals surface area contributed by atoms with Gasteiger partial charge in [0.25, 0.3) is 5.56 Å². The molecule has 0 saturated heterocycles. The Balaban J connectivity index is 1.88. The Morgan fingerprint density at radius 3 is 2.16 bits per heavy atom. The second-order valence-electron chi connectivity index (χ2n) is 10.1. The van der Waals surface area contributed by atoms with Crippen molar-refractivity contribution < 1.29 is 13.9 Å². The Labute approximate surface area is 191 Å². The summed E-state index contributed by atoms with van der Waals surface area (Å²) in [5.41, 5.74) is 0.112. The minimum atomic E-state index is -1.75. The van der Waals surface area contributed by atoms with E-state index in [0.717, 1.165) is 11.3 Å². The van der Waals surface area contributed by atoms with Crippen LogP contribution in [0.25, 0.3) is 0 Å². The number of aromatic nitrogens is 2. The van der Waals surface area contributed by atoms with Crippen LogP contribution in [0.4, 0.5) is 0 Å². The molecular weight excluding hydrogens is 432 g/mol. The minimum absolute atomic E-state index is 0.0339. The highest BCUT2D eigenvalue weighted by Crippen LogP contribution is 2.36. The van der Waals surface area contributed by atoms with Crippen molar-refractivity contribution in [2.75, 3.05) is 13.2 Å². The molecule has 6 nitrogen and oxygen atoms in total. The Bertz CT molecular complexity index is 929. The van der Waals surface area contributed by atoms with Crippen molar-refractivity contribution >= 4 is 19.9 Å². The smallest absolute Gasteiger partial charge is 0.289 e. The van der Waals surface area contributed by atoms with Crippen LogP contribution in [0.2, 0.25) is 23.2 Å². The number of hydrogen-bond donors (Lipinski definition) is 0. The molecule has 0 radical (unpaired) electrons. The molecule has 0 aliphatic heterocycles. The molecule has 0 spiro atoms. The number of hydrogen-bond acceptors (Lipinski definition) is 5. The molecule has 1 aromatic carbocycles. The van der Waals surface area contributed by atoms with Gasteiger partial charge < -0.3 is 13.9 Å². The fourth-order valence-electron chi connectivity index (χ4n) is 2.51. The molecule has 0 aliphatic carbocycles. The Morgan fingerprint density at radius 1 is 1.00 bits per heavy atom. The standard InChI is InChI=1S/C23H35ClN2O4Si/c1-22(2,3)26-21(27)20(24)19(15-25-26)29-16-17-9-11-18(12-10-17)28-13-14-30-31(7,8)23(4,5)6/h9-12,15H,13-14,16H2,1-8H3. The van der Waals surface area contributed by atoms with Gasteiger partial charge in [-0.15, -0.1) is 0 Å². The fourth-order valence-corrected chi connectivity index (χ4v) is 3.72. The van der Waals surface area contributed by atoms with Crippen LogP contribution in [0.1, 0.15) is 47.1 Å². The molecule has 2 rings (SSSR count). The van der Waals surface area contributed by atoms with E-state index in [1.54, 1.807) is 0 Å². The van der Waals surface area contributed by atoms with E-state index < -0.39 is 13.9 Å². The van der Waals surface area contributed by atoms with Crippen molar-refractivity contribution in [2.24, 2.45) is 0 Å². The van der Waals surface area contributed by atoms with Crippen molar-refractivity contribution in [2.45, 2.75) is 71.8 Å². The van der Waals surface area contributed by atoms with Gasteiger partial charge in [-0.05, 0) is 56.6 Å². The van der Waals surface area contributed by atoms with Crippen LogP contribution in [0.3, 0.4) is 0 Å². The van der Waals surface area contributed by atoms with Crippen LogP contribution in [0.15, 0.2) is 35.3 Å². The van der Waals surface area contributed by atoms with Crippen molar-refractivity contribution in [3.63, 3.8) is 0 Å². The summed E-state index contributed by atoms with van der Waals surface area (Å²) in [5, 5.41) is 4.40. The first kappa shape index (κ1) is 25.4. The van der Waals surface area contributed by atoms with E-state index in [9.17, 15) is 4.79 Å². The van der Waals surface area contributed by atoms with Crippen LogP contribution in [0, 0.1) is 0 Å². The van der Waals surface area contributed by atoms with E-state index in [1.165, 1.54) is 10.9 Å². The van der Waals surface area contributed by atoms with Crippen LogP contribution >= 0.6 is 11.6 Å². The molecular formula is C23H35ClN2O4Si. The zero-order valence-electron chi connectivity index (χ0n) is 19.9. The summed E-state index contributed by atoms with van der Waals surface area (Å²) in [6.07, 6.45) is 1.48. The minimum Gasteiger partial charge on any atom is -0.491 e. The van der Waals surface area contributed by atoms with E-state index in [2.05, 4.69) is 39.0 Å². The highest BCUT2D eigenvalue weighted by Gasteiger charge is 2.36. The maximum absolute atomic E-state index is 12.4. The summed E-state index contributed by atoms with van der Waals surface area (Å²) >= 11 is 6.20. The molecule has 172 valence electrons. The van der Waals surface area contributed by atoms with E-state index in [0.29, 0.717) is 13.2 Å². The first-order chi connectivity index (χ1) is 14.2. The lowest BCUT2D eigenvalue weighted by atomic mass is 10.1. The van der Waals surface area contributed by atoms with Gasteiger partial charge in [0, 0.05) is 0 Å². The van der Waals surface area contributed by atoms with Crippen molar-refractivity contribution in [3.8, 4) is 11.5 Å². The van der Waals surface area contributed by atoms with Crippen LogP contribution < -0.4 is 15.0 Å². The second kappa shape index (κ2) is 9.75. The van der Waals surface area contributed by atoms with Gasteiger partial charge >= 0.3 is 0 Å². The van der Waals surface area contributed by atoms with Crippen LogP contribution in [-0.2, 0) is 16.6 Å². The Kier molecular flexibility index (Phi) is 8.00. The molecule has 0 aliphatic rings. The molecule has 0 fully saturated rings. The van der Waals surface area contributed by atoms with Gasteiger partial charge in [-0.2, -0.15) is 5.10 Å². The summed E-state index contributed by atoms with van der Waals surface area (Å²) < 4.78 is 19.0. The lowest BCUT2D eigenvalue weighted by molar-refractivity contribution is 0.203. The van der Waals surface area contributed by atoms with Gasteiger partial charge in [0.05, 0.1) is 18.3 Å². The van der Waals surface area contributed by atoms with Gasteiger partial charge in [0.2, 0.25) is 0 Å². The Hall–Kier alpha value is -1.83. The third kappa shape index (κ3) is 6.82. The van der Waals surface area contributed by atoms with Crippen LogP contribution in [-0.4, -0.2) is 31.3 Å². The topological polar surface area (TPSA) is 62.6 Å². The largest absolute Gasteiger partial charge is 0.491 e. The number of halogens is 1. The summed E-state index contributed by atoms with van der Waals surface area (Å²) in [6, 6.07) is 7.62. The average molecular weight is 467 g/mol. The van der Waals surface area contributed by atoms with Gasteiger partial charge in [-0.3, -0.25) is 4.79 Å². The second-order valence-corrected chi connectivity index (χ2v) is 15.3. The molecule has 0 bridgehead atoms. The lowest BCUT2D eigenvalue weighted by Crippen LogP contribution is -2.41. The van der Waals surface area contributed by atoms with Gasteiger partial charge in [-0.25, -0.2) is 4.68 Å². The highest BCUT2D eigenvalue weighted by atomic mass is 35.5. The molecule has 2 aromatic rings. The molecule has 31 heavy (non-hydrogen) atoms. The number of rotatable bonds is 8. The van der Waals surface area contributed by atoms with E-state index in [4.69, 9.17) is 25.5 Å². The third-order valence-electron chi connectivity index (χ3n) is 5.46. The Morgan fingerprint density at radius 2 is 1.61 bits per heavy atom. The van der Waals surface area contributed by atoms with E-state index in [1.807, 2.05) is 45.0 Å². The number of ether oxygens (including phenoxy) is 2. The van der Waals surface area contributed by atoms with Crippen molar-refractivity contribution in [3.05, 3.63) is 51.4 Å². The average Bonchev–Trinajstić information content (AvgIpc) is 2.65. The maximum atomic E-state index is 12.4. The van der Waals surface area contributed by atoms with E-state index >= 15 is 0 Å². The first-order valence-electron chi connectivity index (χ1n) is 10.5. The quantitative estimate of drug-likeness (QED) is 0.372. The molecule has 0 atom stereocenters. The SMILES string of the molecule is CC(C)(C)n1ncc(OCc2ccc(OCCO[Si](C)(C)C(C)(C)C)cc2)c(Cl)c1=O. The number of benzene rings is 1. The molecule has 0 saturated carbocycles. The summed E-state index contributed by atoms with van der Waals surface area (Å²) in [7, 11) is -1.75. The van der Waals surface area contributed by atoms with Gasteiger partial charge in [0.1, 0.15) is 19.0 Å². The fraction of sp³-hybridized carbons (Fsp3) is 0.565. The highest BCUT2D eigenvalue weighted by molar-refractivity contribution is 6.74. The summed E-state index contributed by atoms with van der Waals surface area (Å²) in [4.78, 5) is 12.4. The monoisotopic (exact) mass is 466 g/mol. The zero-order valence-corrected chi connectivity index (χ0v) is 21.7. The van der Waals surface area contributed by atoms with Gasteiger partial charge in [0.15, 0.2) is 19.1 Å². The first-order valence-corrected chi connectivity index (χ1v) is 13.8. The molecule has 1 aromatic heterocycles. The maximum Gasteiger partial charge on any atom is 0.289 e. The molecule has 0 unspecified atom stereocenters. The number of nitrogens with zero attached hydrogens (tertiary/aromatic N) is 2. The lowest BCUT2D eigenvalue weighted by Gasteiger charge is -2.36. The third-order valence-corrected chi connectivity index (χ3v) is 10.3.